The zero-order valence-corrected chi connectivity index (χ0v) is 14.8. The second-order valence-electron chi connectivity index (χ2n) is 5.89. The highest BCUT2D eigenvalue weighted by Crippen LogP contribution is 2.39. The second kappa shape index (κ2) is 7.20. The largest absolute Gasteiger partial charge is 0.355 e. The average Bonchev–Trinajstić information content (AvgIpc) is 3.38. The van der Waals surface area contributed by atoms with Gasteiger partial charge in [0, 0.05) is 48.5 Å². The quantitative estimate of drug-likeness (QED) is 0.502. The number of hydrogen-bond acceptors (Lipinski definition) is 7. The second-order valence-corrected chi connectivity index (χ2v) is 7.08. The smallest absolute Gasteiger partial charge is 0.277 e. The summed E-state index contributed by atoms with van der Waals surface area (Å²) in [4.78, 5) is 29.0. The van der Waals surface area contributed by atoms with E-state index in [-0.39, 0.29) is 22.7 Å². The van der Waals surface area contributed by atoms with Gasteiger partial charge in [-0.05, 0) is 29.8 Å². The van der Waals surface area contributed by atoms with Gasteiger partial charge in [0.05, 0.1) is 4.92 Å². The van der Waals surface area contributed by atoms with Crippen molar-refractivity contribution < 1.29 is 14.2 Å². The molecular weight excluding hydrogens is 368 g/mol. The van der Waals surface area contributed by atoms with Crippen molar-refractivity contribution in [2.75, 3.05) is 12.3 Å². The van der Waals surface area contributed by atoms with Crippen molar-refractivity contribution in [3.8, 4) is 11.3 Å². The molecule has 136 valence electrons. The first kappa shape index (κ1) is 17.2. The van der Waals surface area contributed by atoms with E-state index < -0.39 is 4.92 Å². The van der Waals surface area contributed by atoms with E-state index in [0.717, 1.165) is 16.9 Å². The van der Waals surface area contributed by atoms with Crippen LogP contribution >= 0.6 is 11.8 Å². The summed E-state index contributed by atoms with van der Waals surface area (Å²) in [7, 11) is 0. The molecule has 1 amide bonds. The van der Waals surface area contributed by atoms with Crippen LogP contribution in [0.2, 0.25) is 0 Å². The van der Waals surface area contributed by atoms with Crippen molar-refractivity contribution in [3.05, 3.63) is 76.2 Å². The highest BCUT2D eigenvalue weighted by Gasteiger charge is 2.33. The summed E-state index contributed by atoms with van der Waals surface area (Å²) in [6, 6.07) is 11.5. The molecule has 0 bridgehead atoms. The fraction of sp³-hybridized carbons (Fsp3) is 0.167. The number of amides is 1. The van der Waals surface area contributed by atoms with Crippen LogP contribution < -0.4 is 0 Å². The van der Waals surface area contributed by atoms with Crippen LogP contribution in [-0.2, 0) is 0 Å². The first-order valence-electron chi connectivity index (χ1n) is 8.17. The number of benzene rings is 1. The number of hydrogen-bond donors (Lipinski definition) is 0. The number of rotatable bonds is 4. The molecule has 4 rings (SSSR count). The normalized spacial score (nSPS) is 16.4. The third-order valence-electron chi connectivity index (χ3n) is 4.22. The summed E-state index contributed by atoms with van der Waals surface area (Å²) < 4.78 is 5.30. The number of non-ortho nitro benzene ring substituents is 1. The molecule has 1 aliphatic rings. The zero-order valence-electron chi connectivity index (χ0n) is 14.0. The minimum absolute atomic E-state index is 0.0252. The predicted octanol–water partition coefficient (Wildman–Crippen LogP) is 3.53. The third kappa shape index (κ3) is 3.41. The van der Waals surface area contributed by atoms with Gasteiger partial charge in [0.25, 0.3) is 11.6 Å². The predicted molar refractivity (Wildman–Crippen MR) is 99.1 cm³/mol. The van der Waals surface area contributed by atoms with Crippen LogP contribution in [0.1, 0.15) is 21.4 Å². The first-order chi connectivity index (χ1) is 13.1. The van der Waals surface area contributed by atoms with Crippen molar-refractivity contribution in [2.45, 2.75) is 5.37 Å². The van der Waals surface area contributed by atoms with Crippen LogP contribution in [0, 0.1) is 10.1 Å². The molecule has 1 unspecified atom stereocenters. The Hall–Kier alpha value is -3.20. The van der Waals surface area contributed by atoms with Gasteiger partial charge in [-0.3, -0.25) is 19.9 Å². The molecule has 1 saturated heterocycles. The van der Waals surface area contributed by atoms with Gasteiger partial charge < -0.3 is 9.42 Å². The highest BCUT2D eigenvalue weighted by atomic mass is 32.2. The molecule has 8 nitrogen and oxygen atoms in total. The van der Waals surface area contributed by atoms with E-state index in [1.54, 1.807) is 53.3 Å². The lowest BCUT2D eigenvalue weighted by atomic mass is 10.1. The Kier molecular flexibility index (Phi) is 4.59. The Morgan fingerprint density at radius 1 is 1.30 bits per heavy atom. The van der Waals surface area contributed by atoms with E-state index in [4.69, 9.17) is 4.52 Å². The summed E-state index contributed by atoms with van der Waals surface area (Å²) in [5.41, 5.74) is 1.83. The molecular formula is C18H14N4O4S. The van der Waals surface area contributed by atoms with E-state index in [1.165, 1.54) is 12.1 Å². The van der Waals surface area contributed by atoms with Crippen LogP contribution in [0.4, 0.5) is 5.69 Å². The van der Waals surface area contributed by atoms with Gasteiger partial charge in [0.15, 0.2) is 11.5 Å². The van der Waals surface area contributed by atoms with Gasteiger partial charge in [-0.25, -0.2) is 0 Å². The Balaban J connectivity index is 1.56. The molecule has 9 heteroatoms. The summed E-state index contributed by atoms with van der Waals surface area (Å²) >= 11 is 1.61. The number of nitrogens with zero attached hydrogens (tertiary/aromatic N) is 4. The zero-order chi connectivity index (χ0) is 18.8. The van der Waals surface area contributed by atoms with Crippen LogP contribution in [0.15, 0.2) is 59.4 Å². The van der Waals surface area contributed by atoms with E-state index >= 15 is 0 Å². The lowest BCUT2D eigenvalue weighted by molar-refractivity contribution is -0.384. The van der Waals surface area contributed by atoms with Crippen molar-refractivity contribution >= 4 is 23.4 Å². The van der Waals surface area contributed by atoms with Gasteiger partial charge in [-0.15, -0.1) is 11.8 Å². The SMILES string of the molecule is O=C(c1cc(-c2cccnc2)on1)N1CCSC1c1ccc([N+](=O)[O-])cc1. The van der Waals surface area contributed by atoms with E-state index in [9.17, 15) is 14.9 Å². The summed E-state index contributed by atoms with van der Waals surface area (Å²) in [6.45, 7) is 0.570. The highest BCUT2D eigenvalue weighted by molar-refractivity contribution is 7.99. The first-order valence-corrected chi connectivity index (χ1v) is 9.22. The van der Waals surface area contributed by atoms with Crippen molar-refractivity contribution in [1.82, 2.24) is 15.0 Å². The topological polar surface area (TPSA) is 102 Å². The molecule has 0 saturated carbocycles. The Morgan fingerprint density at radius 2 is 2.11 bits per heavy atom. The number of aromatic nitrogens is 2. The number of pyridine rings is 1. The number of nitro groups is 1. The molecule has 3 aromatic rings. The van der Waals surface area contributed by atoms with Crippen molar-refractivity contribution in [1.29, 1.82) is 0 Å². The van der Waals surface area contributed by atoms with E-state index in [2.05, 4.69) is 10.1 Å². The molecule has 0 radical (unpaired) electrons. The molecule has 1 aromatic carbocycles. The van der Waals surface area contributed by atoms with Crippen molar-refractivity contribution in [2.24, 2.45) is 0 Å². The Morgan fingerprint density at radius 3 is 2.81 bits per heavy atom. The Bertz CT molecular complexity index is 975. The molecule has 1 fully saturated rings. The molecule has 1 atom stereocenters. The monoisotopic (exact) mass is 382 g/mol. The van der Waals surface area contributed by atoms with E-state index in [0.29, 0.717) is 12.3 Å². The maximum absolute atomic E-state index is 12.9. The molecule has 1 aliphatic heterocycles. The third-order valence-corrected chi connectivity index (χ3v) is 5.48. The van der Waals surface area contributed by atoms with Gasteiger partial charge >= 0.3 is 0 Å². The summed E-state index contributed by atoms with van der Waals surface area (Å²) in [5.74, 6) is 1.02. The number of carbonyl (C=O) groups excluding carboxylic acids is 1. The Labute approximate surface area is 158 Å². The minimum atomic E-state index is -0.441. The summed E-state index contributed by atoms with van der Waals surface area (Å²) in [5, 5.41) is 14.5. The summed E-state index contributed by atoms with van der Waals surface area (Å²) in [6.07, 6.45) is 3.29. The maximum atomic E-state index is 12.9. The van der Waals surface area contributed by atoms with Crippen molar-refractivity contribution in [3.63, 3.8) is 0 Å². The molecule has 2 aromatic heterocycles. The van der Waals surface area contributed by atoms with Gasteiger partial charge in [-0.1, -0.05) is 5.16 Å². The average molecular weight is 382 g/mol. The molecule has 0 spiro atoms. The lowest BCUT2D eigenvalue weighted by Crippen LogP contribution is -2.30. The number of carbonyl (C=O) groups is 1. The molecule has 3 heterocycles. The van der Waals surface area contributed by atoms with Crippen LogP contribution in [-0.4, -0.2) is 38.2 Å². The maximum Gasteiger partial charge on any atom is 0.277 e. The van der Waals surface area contributed by atoms with Crippen LogP contribution in [0.3, 0.4) is 0 Å². The van der Waals surface area contributed by atoms with Gasteiger partial charge in [0.2, 0.25) is 0 Å². The minimum Gasteiger partial charge on any atom is -0.355 e. The molecule has 27 heavy (non-hydrogen) atoms. The number of nitro benzene ring substituents is 1. The van der Waals surface area contributed by atoms with Gasteiger partial charge in [0.1, 0.15) is 5.37 Å². The number of thioether (sulfide) groups is 1. The van der Waals surface area contributed by atoms with Gasteiger partial charge in [-0.2, -0.15) is 0 Å². The molecule has 0 N–H and O–H groups in total. The fourth-order valence-corrected chi connectivity index (χ4v) is 4.14. The van der Waals surface area contributed by atoms with Crippen LogP contribution in [0.5, 0.6) is 0 Å². The molecule has 0 aliphatic carbocycles. The standard InChI is InChI=1S/C18H14N4O4S/c23-17(15-10-16(26-20-15)13-2-1-7-19-11-13)21-8-9-27-18(21)12-3-5-14(6-4-12)22(24)25/h1-7,10-11,18H,8-9H2. The lowest BCUT2D eigenvalue weighted by Gasteiger charge is -2.23. The van der Waals surface area contributed by atoms with E-state index in [1.807, 2.05) is 6.07 Å². The fourth-order valence-electron chi connectivity index (χ4n) is 2.88. The van der Waals surface area contributed by atoms with Crippen LogP contribution in [0.25, 0.3) is 11.3 Å².